The van der Waals surface area contributed by atoms with Crippen LogP contribution in [0.4, 0.5) is 10.1 Å². The number of nitrogens with zero attached hydrogens (tertiary/aromatic N) is 2. The number of hydrogen-bond donors (Lipinski definition) is 1. The molecule has 1 aliphatic carbocycles. The van der Waals surface area contributed by atoms with Crippen molar-refractivity contribution in [2.45, 2.75) is 69.5 Å². The molecule has 1 atom stereocenters. The van der Waals surface area contributed by atoms with E-state index in [1.165, 1.54) is 49.5 Å². The first-order chi connectivity index (χ1) is 22.1. The number of methoxy groups -OCH3 is 2. The van der Waals surface area contributed by atoms with E-state index in [0.29, 0.717) is 23.7 Å². The van der Waals surface area contributed by atoms with Gasteiger partial charge in [-0.15, -0.1) is 0 Å². The molecule has 0 radical (unpaired) electrons. The maximum Gasteiger partial charge on any atom is 0.264 e. The number of carbonyl (C=O) groups excluding carboxylic acids is 2. The molecule has 1 N–H and O–H groups in total. The van der Waals surface area contributed by atoms with E-state index in [1.807, 2.05) is 6.92 Å². The normalized spacial score (nSPS) is 13.9. The number of anilines is 1. The summed E-state index contributed by atoms with van der Waals surface area (Å²) >= 11 is 0. The molecule has 10 nitrogen and oxygen atoms in total. The van der Waals surface area contributed by atoms with Gasteiger partial charge in [0.25, 0.3) is 10.0 Å². The van der Waals surface area contributed by atoms with E-state index < -0.39 is 34.3 Å². The first kappa shape index (κ1) is 34.6. The summed E-state index contributed by atoms with van der Waals surface area (Å²) in [6.07, 6.45) is 4.05. The van der Waals surface area contributed by atoms with E-state index in [9.17, 15) is 22.4 Å². The topological polar surface area (TPSA) is 114 Å². The van der Waals surface area contributed by atoms with Crippen LogP contribution in [-0.4, -0.2) is 64.6 Å². The maximum atomic E-state index is 14.3. The molecule has 1 saturated carbocycles. The molecule has 12 heteroatoms. The molecule has 46 heavy (non-hydrogen) atoms. The van der Waals surface area contributed by atoms with Crippen LogP contribution in [0, 0.1) is 5.82 Å². The summed E-state index contributed by atoms with van der Waals surface area (Å²) in [5, 5.41) is 3.08. The third-order valence-corrected chi connectivity index (χ3v) is 9.78. The molecule has 2 amide bonds. The van der Waals surface area contributed by atoms with Crippen molar-refractivity contribution in [3.8, 4) is 17.2 Å². The largest absolute Gasteiger partial charge is 0.494 e. The smallest absolute Gasteiger partial charge is 0.264 e. The van der Waals surface area contributed by atoms with Gasteiger partial charge in [-0.1, -0.05) is 31.9 Å². The Balaban J connectivity index is 1.74. The Hall–Kier alpha value is -4.32. The summed E-state index contributed by atoms with van der Waals surface area (Å²) < 4.78 is 59.5. The summed E-state index contributed by atoms with van der Waals surface area (Å²) in [6.45, 7) is 3.42. The molecule has 0 heterocycles. The van der Waals surface area contributed by atoms with Crippen molar-refractivity contribution < 1.29 is 36.6 Å². The molecular weight excluding hydrogens is 613 g/mol. The van der Waals surface area contributed by atoms with E-state index in [2.05, 4.69) is 5.32 Å². The fourth-order valence-corrected chi connectivity index (χ4v) is 7.01. The van der Waals surface area contributed by atoms with Crippen LogP contribution in [0.5, 0.6) is 17.2 Å². The fourth-order valence-electron chi connectivity index (χ4n) is 5.58. The van der Waals surface area contributed by atoms with E-state index >= 15 is 0 Å². The van der Waals surface area contributed by atoms with Crippen LogP contribution >= 0.6 is 0 Å². The molecule has 248 valence electrons. The molecule has 1 aliphatic rings. The van der Waals surface area contributed by atoms with Gasteiger partial charge in [-0.2, -0.15) is 0 Å². The van der Waals surface area contributed by atoms with Crippen LogP contribution in [0.25, 0.3) is 0 Å². The highest BCUT2D eigenvalue weighted by atomic mass is 32.2. The van der Waals surface area contributed by atoms with Gasteiger partial charge in [0, 0.05) is 18.7 Å². The number of halogens is 1. The summed E-state index contributed by atoms with van der Waals surface area (Å²) in [6, 6.07) is 15.4. The summed E-state index contributed by atoms with van der Waals surface area (Å²) in [5.74, 6) is -0.261. The third-order valence-electron chi connectivity index (χ3n) is 8.01. The van der Waals surface area contributed by atoms with Gasteiger partial charge in [0.2, 0.25) is 11.8 Å². The average molecular weight is 656 g/mol. The fraction of sp³-hybridized carbons (Fsp3) is 0.412. The number of amides is 2. The second-order valence-electron chi connectivity index (χ2n) is 11.0. The van der Waals surface area contributed by atoms with Gasteiger partial charge >= 0.3 is 0 Å². The average Bonchev–Trinajstić information content (AvgIpc) is 3.57. The van der Waals surface area contributed by atoms with Crippen LogP contribution in [0.3, 0.4) is 0 Å². The van der Waals surface area contributed by atoms with Crippen LogP contribution in [0.2, 0.25) is 0 Å². The minimum absolute atomic E-state index is 0.0232. The Morgan fingerprint density at radius 1 is 0.935 bits per heavy atom. The Kier molecular flexibility index (Phi) is 11.9. The van der Waals surface area contributed by atoms with Gasteiger partial charge in [-0.05, 0) is 80.3 Å². The number of hydrogen-bond acceptors (Lipinski definition) is 7. The lowest BCUT2D eigenvalue weighted by Crippen LogP contribution is -2.53. The monoisotopic (exact) mass is 655 g/mol. The lowest BCUT2D eigenvalue weighted by molar-refractivity contribution is -0.140. The molecule has 0 bridgehead atoms. The highest BCUT2D eigenvalue weighted by Crippen LogP contribution is 2.33. The highest BCUT2D eigenvalue weighted by molar-refractivity contribution is 7.92. The Morgan fingerprint density at radius 2 is 1.59 bits per heavy atom. The zero-order valence-corrected chi connectivity index (χ0v) is 27.5. The van der Waals surface area contributed by atoms with Crippen LogP contribution in [0.15, 0.2) is 71.6 Å². The molecule has 0 aromatic heterocycles. The molecule has 1 unspecified atom stereocenters. The molecule has 3 aromatic rings. The van der Waals surface area contributed by atoms with Crippen LogP contribution < -0.4 is 23.8 Å². The molecular formula is C34H42FN3O7S. The van der Waals surface area contributed by atoms with Gasteiger partial charge in [0.05, 0.1) is 31.4 Å². The van der Waals surface area contributed by atoms with E-state index in [1.54, 1.807) is 43.3 Å². The number of ether oxygens (including phenoxy) is 3. The Bertz CT molecular complexity index is 1580. The van der Waals surface area contributed by atoms with Gasteiger partial charge in [-0.3, -0.25) is 13.9 Å². The van der Waals surface area contributed by atoms with Crippen molar-refractivity contribution in [3.05, 3.63) is 78.1 Å². The van der Waals surface area contributed by atoms with Gasteiger partial charge in [-0.25, -0.2) is 12.8 Å². The van der Waals surface area contributed by atoms with E-state index in [4.69, 9.17) is 14.2 Å². The number of benzene rings is 3. The Morgan fingerprint density at radius 3 is 2.17 bits per heavy atom. The molecule has 0 saturated heterocycles. The molecule has 0 aliphatic heterocycles. The number of nitrogens with one attached hydrogen (secondary N) is 1. The molecule has 4 rings (SSSR count). The van der Waals surface area contributed by atoms with Gasteiger partial charge in [0.1, 0.15) is 24.2 Å². The third kappa shape index (κ3) is 8.28. The number of rotatable bonds is 15. The quantitative estimate of drug-likeness (QED) is 0.236. The highest BCUT2D eigenvalue weighted by Gasteiger charge is 2.35. The summed E-state index contributed by atoms with van der Waals surface area (Å²) in [5.41, 5.74) is 0.814. The first-order valence-corrected chi connectivity index (χ1v) is 16.9. The van der Waals surface area contributed by atoms with Crippen molar-refractivity contribution in [2.75, 3.05) is 31.7 Å². The van der Waals surface area contributed by atoms with Crippen molar-refractivity contribution in [1.29, 1.82) is 0 Å². The Labute approximate surface area is 270 Å². The lowest BCUT2D eigenvalue weighted by Gasteiger charge is -2.34. The lowest BCUT2D eigenvalue weighted by atomic mass is 10.1. The molecule has 1 fully saturated rings. The number of sulfonamides is 1. The zero-order valence-electron chi connectivity index (χ0n) is 26.7. The minimum atomic E-state index is -4.36. The van der Waals surface area contributed by atoms with Crippen LogP contribution in [0.1, 0.15) is 51.5 Å². The molecule has 3 aromatic carbocycles. The standard InChI is InChI=1S/C34H42FN3O7S/c1-5-30(34(40)36-26-9-7-8-10-26)37(22-24-11-13-25(35)14-12-24)33(39)23-38(27-15-17-28(18-16-27)45-6-2)46(41,42)29-19-20-31(43-3)32(21-29)44-4/h11-21,26,30H,5-10,22-23H2,1-4H3,(H,36,40). The van der Waals surface area contributed by atoms with E-state index in [0.717, 1.165) is 30.0 Å². The number of carbonyl (C=O) groups is 2. The predicted octanol–water partition coefficient (Wildman–Crippen LogP) is 5.30. The SMILES string of the molecule is CCOc1ccc(N(CC(=O)N(Cc2ccc(F)cc2)C(CC)C(=O)NC2CCCC2)S(=O)(=O)c2ccc(OC)c(OC)c2)cc1. The summed E-state index contributed by atoms with van der Waals surface area (Å²) in [4.78, 5) is 29.2. The second kappa shape index (κ2) is 15.8. The van der Waals surface area contributed by atoms with E-state index in [-0.39, 0.29) is 41.2 Å². The predicted molar refractivity (Wildman–Crippen MR) is 173 cm³/mol. The maximum absolute atomic E-state index is 14.3. The van der Waals surface area contributed by atoms with Crippen molar-refractivity contribution >= 4 is 27.5 Å². The second-order valence-corrected chi connectivity index (χ2v) is 12.9. The first-order valence-electron chi connectivity index (χ1n) is 15.4. The van der Waals surface area contributed by atoms with Crippen molar-refractivity contribution in [2.24, 2.45) is 0 Å². The van der Waals surface area contributed by atoms with Crippen molar-refractivity contribution in [1.82, 2.24) is 10.2 Å². The summed E-state index contributed by atoms with van der Waals surface area (Å²) in [7, 11) is -1.51. The van der Waals surface area contributed by atoms with Crippen LogP contribution in [-0.2, 0) is 26.2 Å². The molecule has 0 spiro atoms. The van der Waals surface area contributed by atoms with Crippen molar-refractivity contribution in [3.63, 3.8) is 0 Å². The minimum Gasteiger partial charge on any atom is -0.494 e. The van der Waals surface area contributed by atoms with Gasteiger partial charge in [0.15, 0.2) is 11.5 Å². The zero-order chi connectivity index (χ0) is 33.3. The van der Waals surface area contributed by atoms with Gasteiger partial charge < -0.3 is 24.4 Å².